The first-order valence-corrected chi connectivity index (χ1v) is 7.93. The van der Waals surface area contributed by atoms with Gasteiger partial charge in [0.1, 0.15) is 5.82 Å². The van der Waals surface area contributed by atoms with Gasteiger partial charge in [-0.15, -0.1) is 0 Å². The fourth-order valence-corrected chi connectivity index (χ4v) is 3.13. The van der Waals surface area contributed by atoms with Crippen LogP contribution in [0.5, 0.6) is 0 Å². The number of hydrogen-bond acceptors (Lipinski definition) is 3. The quantitative estimate of drug-likeness (QED) is 0.722. The summed E-state index contributed by atoms with van der Waals surface area (Å²) in [4.78, 5) is 12.7. The lowest BCUT2D eigenvalue weighted by Gasteiger charge is -2.28. The van der Waals surface area contributed by atoms with Gasteiger partial charge in [0.15, 0.2) is 0 Å². The zero-order valence-electron chi connectivity index (χ0n) is 13.2. The summed E-state index contributed by atoms with van der Waals surface area (Å²) < 4.78 is 18.1. The summed E-state index contributed by atoms with van der Waals surface area (Å²) in [6.45, 7) is 2.74. The molecular formula is C17H25FN2O2. The van der Waals surface area contributed by atoms with E-state index in [-0.39, 0.29) is 11.7 Å². The molecule has 122 valence electrons. The molecule has 0 heterocycles. The Morgan fingerprint density at radius 2 is 1.86 bits per heavy atom. The van der Waals surface area contributed by atoms with Crippen molar-refractivity contribution < 1.29 is 13.9 Å². The zero-order valence-corrected chi connectivity index (χ0v) is 13.2. The molecule has 0 radical (unpaired) electrons. The van der Waals surface area contributed by atoms with Crippen molar-refractivity contribution in [1.82, 2.24) is 10.6 Å². The lowest BCUT2D eigenvalue weighted by molar-refractivity contribution is -0.126. The molecule has 1 saturated carbocycles. The Hall–Kier alpha value is -1.46. The molecule has 0 aliphatic heterocycles. The molecule has 1 amide bonds. The standard InChI is InChI=1S/C17H25FN2O2/c1-22-13-12-19-10-11-20-16(21)17(8-2-3-9-17)14-4-6-15(18)7-5-14/h4-7,19H,2-3,8-13H2,1H3,(H,20,21). The van der Waals surface area contributed by atoms with Crippen molar-refractivity contribution in [2.75, 3.05) is 33.4 Å². The molecule has 1 aromatic rings. The molecule has 2 rings (SSSR count). The number of benzene rings is 1. The third-order valence-electron chi connectivity index (χ3n) is 4.36. The van der Waals surface area contributed by atoms with Crippen molar-refractivity contribution in [1.29, 1.82) is 0 Å². The predicted molar refractivity (Wildman–Crippen MR) is 84.3 cm³/mol. The Bertz CT molecular complexity index is 470. The minimum Gasteiger partial charge on any atom is -0.383 e. The highest BCUT2D eigenvalue weighted by Crippen LogP contribution is 2.41. The Balaban J connectivity index is 1.93. The van der Waals surface area contributed by atoms with E-state index in [9.17, 15) is 9.18 Å². The molecule has 1 fully saturated rings. The fourth-order valence-electron chi connectivity index (χ4n) is 3.13. The van der Waals surface area contributed by atoms with E-state index in [1.54, 1.807) is 19.2 Å². The largest absolute Gasteiger partial charge is 0.383 e. The highest BCUT2D eigenvalue weighted by Gasteiger charge is 2.42. The third kappa shape index (κ3) is 4.05. The molecule has 0 spiro atoms. The molecule has 5 heteroatoms. The van der Waals surface area contributed by atoms with E-state index >= 15 is 0 Å². The maximum atomic E-state index is 13.1. The summed E-state index contributed by atoms with van der Waals surface area (Å²) in [5.74, 6) is -0.204. The van der Waals surface area contributed by atoms with Crippen LogP contribution in [0.3, 0.4) is 0 Å². The number of carbonyl (C=O) groups excluding carboxylic acids is 1. The van der Waals surface area contributed by atoms with E-state index in [0.29, 0.717) is 19.7 Å². The number of methoxy groups -OCH3 is 1. The average molecular weight is 308 g/mol. The summed E-state index contributed by atoms with van der Waals surface area (Å²) in [6.07, 6.45) is 3.75. The van der Waals surface area contributed by atoms with Crippen LogP contribution < -0.4 is 10.6 Å². The second-order valence-corrected chi connectivity index (χ2v) is 5.79. The molecule has 1 aliphatic rings. The number of amides is 1. The molecule has 0 atom stereocenters. The first-order chi connectivity index (χ1) is 10.7. The number of hydrogen-bond donors (Lipinski definition) is 2. The van der Waals surface area contributed by atoms with Crippen LogP contribution in [-0.2, 0) is 14.9 Å². The number of carbonyl (C=O) groups is 1. The molecule has 4 nitrogen and oxygen atoms in total. The Labute approximate surface area is 131 Å². The second-order valence-electron chi connectivity index (χ2n) is 5.79. The molecule has 1 aromatic carbocycles. The van der Waals surface area contributed by atoms with E-state index in [4.69, 9.17) is 4.74 Å². The third-order valence-corrected chi connectivity index (χ3v) is 4.36. The van der Waals surface area contributed by atoms with Gasteiger partial charge in [-0.25, -0.2) is 4.39 Å². The minimum atomic E-state index is -0.486. The number of halogens is 1. The normalized spacial score (nSPS) is 16.6. The number of ether oxygens (including phenoxy) is 1. The van der Waals surface area contributed by atoms with Crippen LogP contribution in [0.2, 0.25) is 0 Å². The van der Waals surface area contributed by atoms with E-state index < -0.39 is 5.41 Å². The number of rotatable bonds is 8. The molecule has 22 heavy (non-hydrogen) atoms. The van der Waals surface area contributed by atoms with Crippen LogP contribution in [-0.4, -0.2) is 39.3 Å². The fraction of sp³-hybridized carbons (Fsp3) is 0.588. The molecule has 0 bridgehead atoms. The van der Waals surface area contributed by atoms with E-state index in [0.717, 1.165) is 37.8 Å². The van der Waals surface area contributed by atoms with Crippen LogP contribution in [0, 0.1) is 5.82 Å². The summed E-state index contributed by atoms with van der Waals surface area (Å²) >= 11 is 0. The van der Waals surface area contributed by atoms with Gasteiger partial charge in [-0.1, -0.05) is 25.0 Å². The lowest BCUT2D eigenvalue weighted by Crippen LogP contribution is -2.44. The summed E-state index contributed by atoms with van der Waals surface area (Å²) in [7, 11) is 1.66. The van der Waals surface area contributed by atoms with Crippen LogP contribution in [0.4, 0.5) is 4.39 Å². The van der Waals surface area contributed by atoms with Crippen molar-refractivity contribution >= 4 is 5.91 Å². The molecular weight excluding hydrogens is 283 g/mol. The van der Waals surface area contributed by atoms with Gasteiger partial charge in [0.2, 0.25) is 5.91 Å². The maximum Gasteiger partial charge on any atom is 0.230 e. The van der Waals surface area contributed by atoms with Crippen molar-refractivity contribution in [3.63, 3.8) is 0 Å². The molecule has 2 N–H and O–H groups in total. The maximum absolute atomic E-state index is 13.1. The Kier molecular flexibility index (Phi) is 6.34. The van der Waals surface area contributed by atoms with Gasteiger partial charge in [-0.3, -0.25) is 4.79 Å². The van der Waals surface area contributed by atoms with Gasteiger partial charge < -0.3 is 15.4 Å². The first-order valence-electron chi connectivity index (χ1n) is 7.93. The summed E-state index contributed by atoms with van der Waals surface area (Å²) in [6, 6.07) is 6.37. The van der Waals surface area contributed by atoms with E-state index in [1.807, 2.05) is 0 Å². The van der Waals surface area contributed by atoms with E-state index in [1.165, 1.54) is 12.1 Å². The summed E-state index contributed by atoms with van der Waals surface area (Å²) in [5.41, 5.74) is 0.441. The Morgan fingerprint density at radius 3 is 2.50 bits per heavy atom. The van der Waals surface area contributed by atoms with Crippen molar-refractivity contribution in [2.45, 2.75) is 31.1 Å². The predicted octanol–water partition coefficient (Wildman–Crippen LogP) is 1.99. The molecule has 1 aliphatic carbocycles. The monoisotopic (exact) mass is 308 g/mol. The molecule has 0 aromatic heterocycles. The minimum absolute atomic E-state index is 0.0603. The van der Waals surface area contributed by atoms with Crippen LogP contribution >= 0.6 is 0 Å². The second kappa shape index (κ2) is 8.25. The van der Waals surface area contributed by atoms with Crippen LogP contribution in [0.15, 0.2) is 24.3 Å². The smallest absolute Gasteiger partial charge is 0.230 e. The topological polar surface area (TPSA) is 50.4 Å². The van der Waals surface area contributed by atoms with Crippen molar-refractivity contribution in [3.8, 4) is 0 Å². The SMILES string of the molecule is COCCNCCNC(=O)C1(c2ccc(F)cc2)CCCC1. The van der Waals surface area contributed by atoms with Gasteiger partial charge in [-0.05, 0) is 30.5 Å². The molecule has 0 unspecified atom stereocenters. The van der Waals surface area contributed by atoms with Gasteiger partial charge in [0, 0.05) is 26.7 Å². The van der Waals surface area contributed by atoms with Gasteiger partial charge >= 0.3 is 0 Å². The highest BCUT2D eigenvalue weighted by atomic mass is 19.1. The van der Waals surface area contributed by atoms with Gasteiger partial charge in [0.05, 0.1) is 12.0 Å². The van der Waals surface area contributed by atoms with E-state index in [2.05, 4.69) is 10.6 Å². The summed E-state index contributed by atoms with van der Waals surface area (Å²) in [5, 5.41) is 6.22. The van der Waals surface area contributed by atoms with Crippen LogP contribution in [0.1, 0.15) is 31.2 Å². The van der Waals surface area contributed by atoms with Crippen LogP contribution in [0.25, 0.3) is 0 Å². The number of nitrogens with one attached hydrogen (secondary N) is 2. The highest BCUT2D eigenvalue weighted by molar-refractivity contribution is 5.88. The van der Waals surface area contributed by atoms with Crippen molar-refractivity contribution in [3.05, 3.63) is 35.6 Å². The molecule has 0 saturated heterocycles. The first kappa shape index (κ1) is 16.9. The average Bonchev–Trinajstić information content (AvgIpc) is 3.02. The zero-order chi connectivity index (χ0) is 15.8. The lowest BCUT2D eigenvalue weighted by atomic mass is 9.78. The van der Waals surface area contributed by atoms with Gasteiger partial charge in [0.25, 0.3) is 0 Å². The van der Waals surface area contributed by atoms with Crippen molar-refractivity contribution in [2.24, 2.45) is 0 Å². The van der Waals surface area contributed by atoms with Gasteiger partial charge in [-0.2, -0.15) is 0 Å². The Morgan fingerprint density at radius 1 is 1.18 bits per heavy atom.